The molecule has 2 atom stereocenters. The minimum atomic E-state index is -0.499. The monoisotopic (exact) mass is 298 g/mol. The predicted molar refractivity (Wildman–Crippen MR) is 77.9 cm³/mol. The van der Waals surface area contributed by atoms with E-state index >= 15 is 0 Å². The van der Waals surface area contributed by atoms with Gasteiger partial charge in [0.15, 0.2) is 0 Å². The molecule has 1 fully saturated rings. The number of nitro groups is 1. The molecule has 7 heteroatoms. The van der Waals surface area contributed by atoms with Crippen LogP contribution in [-0.2, 0) is 0 Å². The van der Waals surface area contributed by atoms with Gasteiger partial charge in [-0.3, -0.25) is 10.1 Å². The van der Waals surface area contributed by atoms with Gasteiger partial charge < -0.3 is 5.32 Å². The fourth-order valence-electron chi connectivity index (χ4n) is 2.83. The second-order valence-corrected chi connectivity index (χ2v) is 5.82. The molecule has 0 aliphatic heterocycles. The zero-order valence-corrected chi connectivity index (χ0v) is 12.3. The number of anilines is 1. The third-order valence-electron chi connectivity index (χ3n) is 3.83. The van der Waals surface area contributed by atoms with Gasteiger partial charge >= 0.3 is 5.69 Å². The highest BCUT2D eigenvalue weighted by atomic mass is 35.5. The number of halogens is 1. The summed E-state index contributed by atoms with van der Waals surface area (Å²) in [7, 11) is 0. The smallest absolute Gasteiger partial charge is 0.329 e. The summed E-state index contributed by atoms with van der Waals surface area (Å²) < 4.78 is 0. The lowest BCUT2D eigenvalue weighted by Gasteiger charge is -2.26. The van der Waals surface area contributed by atoms with Crippen LogP contribution in [0.25, 0.3) is 0 Å². The van der Waals surface area contributed by atoms with Crippen molar-refractivity contribution < 1.29 is 4.92 Å². The molecule has 1 saturated carbocycles. The Morgan fingerprint density at radius 2 is 2.35 bits per heavy atom. The maximum atomic E-state index is 10.9. The number of hydrogen-bond acceptors (Lipinski definition) is 5. The van der Waals surface area contributed by atoms with Crippen molar-refractivity contribution in [2.75, 3.05) is 11.9 Å². The van der Waals surface area contributed by atoms with E-state index in [0.717, 1.165) is 18.5 Å². The maximum Gasteiger partial charge on any atom is 0.329 e. The molecule has 2 unspecified atom stereocenters. The molecule has 110 valence electrons. The molecule has 0 saturated heterocycles. The fourth-order valence-corrected chi connectivity index (χ4v) is 2.97. The van der Waals surface area contributed by atoms with E-state index in [2.05, 4.69) is 22.2 Å². The van der Waals surface area contributed by atoms with E-state index in [1.807, 2.05) is 0 Å². The third-order valence-corrected chi connectivity index (χ3v) is 4.01. The summed E-state index contributed by atoms with van der Waals surface area (Å²) in [6.07, 6.45) is 7.23. The highest BCUT2D eigenvalue weighted by Gasteiger charge is 2.20. The van der Waals surface area contributed by atoms with Gasteiger partial charge in [-0.2, -0.15) is 4.98 Å². The van der Waals surface area contributed by atoms with Gasteiger partial charge in [0.05, 0.1) is 4.92 Å². The molecule has 1 aromatic heterocycles. The van der Waals surface area contributed by atoms with E-state index in [-0.39, 0.29) is 16.8 Å². The number of rotatable bonds is 5. The Morgan fingerprint density at radius 3 is 3.05 bits per heavy atom. The third kappa shape index (κ3) is 4.03. The van der Waals surface area contributed by atoms with Crippen LogP contribution in [0.3, 0.4) is 0 Å². The first-order chi connectivity index (χ1) is 9.56. The van der Waals surface area contributed by atoms with Crippen LogP contribution in [0.15, 0.2) is 6.20 Å². The minimum absolute atomic E-state index is 0.0180. The molecule has 1 aliphatic rings. The van der Waals surface area contributed by atoms with Crippen molar-refractivity contribution in [2.24, 2.45) is 11.8 Å². The highest BCUT2D eigenvalue weighted by molar-refractivity contribution is 6.28. The molecule has 20 heavy (non-hydrogen) atoms. The molecule has 1 aromatic rings. The Morgan fingerprint density at radius 1 is 1.55 bits per heavy atom. The molecule has 1 aliphatic carbocycles. The number of nitrogens with one attached hydrogen (secondary N) is 1. The molecular formula is C13H19ClN4O2. The molecule has 1 N–H and O–H groups in total. The quantitative estimate of drug-likeness (QED) is 0.509. The first-order valence-electron chi connectivity index (χ1n) is 6.97. The van der Waals surface area contributed by atoms with Gasteiger partial charge in [0.1, 0.15) is 6.20 Å². The summed E-state index contributed by atoms with van der Waals surface area (Å²) in [5.74, 6) is 1.69. The van der Waals surface area contributed by atoms with Gasteiger partial charge in [0.2, 0.25) is 11.1 Å². The highest BCUT2D eigenvalue weighted by Crippen LogP contribution is 2.31. The van der Waals surface area contributed by atoms with Crippen LogP contribution in [0.5, 0.6) is 0 Å². The van der Waals surface area contributed by atoms with Crippen LogP contribution in [0, 0.1) is 22.0 Å². The van der Waals surface area contributed by atoms with Gasteiger partial charge in [-0.25, -0.2) is 4.98 Å². The lowest BCUT2D eigenvalue weighted by molar-refractivity contribution is -0.384. The van der Waals surface area contributed by atoms with Crippen LogP contribution < -0.4 is 5.32 Å². The second kappa shape index (κ2) is 6.83. The lowest BCUT2D eigenvalue weighted by atomic mass is 9.81. The van der Waals surface area contributed by atoms with Gasteiger partial charge in [-0.05, 0) is 36.3 Å². The summed E-state index contributed by atoms with van der Waals surface area (Å²) in [6, 6.07) is 0. The van der Waals surface area contributed by atoms with Gasteiger partial charge in [-0.15, -0.1) is 0 Å². The summed E-state index contributed by atoms with van der Waals surface area (Å²) in [5, 5.41) is 13.9. The van der Waals surface area contributed by atoms with Crippen molar-refractivity contribution in [1.82, 2.24) is 9.97 Å². The zero-order chi connectivity index (χ0) is 14.5. The SMILES string of the molecule is CC1CCCC(CCNc2nc(Cl)ncc2[N+](=O)[O-])C1. The topological polar surface area (TPSA) is 81.0 Å². The van der Waals surface area contributed by atoms with Crippen molar-refractivity contribution in [3.63, 3.8) is 0 Å². The first-order valence-corrected chi connectivity index (χ1v) is 7.35. The normalized spacial score (nSPS) is 22.5. The Bertz CT molecular complexity index is 483. The lowest BCUT2D eigenvalue weighted by Crippen LogP contribution is -2.17. The summed E-state index contributed by atoms with van der Waals surface area (Å²) >= 11 is 5.68. The minimum Gasteiger partial charge on any atom is -0.364 e. The van der Waals surface area contributed by atoms with Gasteiger partial charge in [0, 0.05) is 6.54 Å². The standard InChI is InChI=1S/C13H19ClN4O2/c1-9-3-2-4-10(7-9)5-6-15-12-11(18(19)20)8-16-13(14)17-12/h8-10H,2-7H2,1H3,(H,15,16,17). The molecule has 0 amide bonds. The summed E-state index contributed by atoms with van der Waals surface area (Å²) in [4.78, 5) is 17.9. The van der Waals surface area contributed by atoms with E-state index in [9.17, 15) is 10.1 Å². The van der Waals surface area contributed by atoms with E-state index in [1.165, 1.54) is 25.7 Å². The fraction of sp³-hybridized carbons (Fsp3) is 0.692. The Kier molecular flexibility index (Phi) is 5.11. The average Bonchev–Trinajstić information content (AvgIpc) is 2.38. The van der Waals surface area contributed by atoms with Crippen molar-refractivity contribution in [2.45, 2.75) is 39.0 Å². The predicted octanol–water partition coefficient (Wildman–Crippen LogP) is 3.67. The maximum absolute atomic E-state index is 10.9. The van der Waals surface area contributed by atoms with E-state index in [1.54, 1.807) is 0 Å². The molecule has 0 aromatic carbocycles. The van der Waals surface area contributed by atoms with Crippen molar-refractivity contribution in [3.8, 4) is 0 Å². The van der Waals surface area contributed by atoms with E-state index < -0.39 is 4.92 Å². The molecule has 1 heterocycles. The van der Waals surface area contributed by atoms with Crippen molar-refractivity contribution >= 4 is 23.1 Å². The zero-order valence-electron chi connectivity index (χ0n) is 11.5. The molecule has 0 bridgehead atoms. The van der Waals surface area contributed by atoms with E-state index in [0.29, 0.717) is 12.5 Å². The number of aromatic nitrogens is 2. The van der Waals surface area contributed by atoms with Crippen LogP contribution in [0.2, 0.25) is 5.28 Å². The van der Waals surface area contributed by atoms with Crippen LogP contribution >= 0.6 is 11.6 Å². The Labute approximate surface area is 123 Å². The van der Waals surface area contributed by atoms with E-state index in [4.69, 9.17) is 11.6 Å². The van der Waals surface area contributed by atoms with Crippen molar-refractivity contribution in [1.29, 1.82) is 0 Å². The van der Waals surface area contributed by atoms with Gasteiger partial charge in [-0.1, -0.05) is 26.2 Å². The number of hydrogen-bond donors (Lipinski definition) is 1. The largest absolute Gasteiger partial charge is 0.364 e. The van der Waals surface area contributed by atoms with Crippen LogP contribution in [0.4, 0.5) is 11.5 Å². The first kappa shape index (κ1) is 15.0. The van der Waals surface area contributed by atoms with Gasteiger partial charge in [0.25, 0.3) is 0 Å². The summed E-state index contributed by atoms with van der Waals surface area (Å²) in [6.45, 7) is 2.96. The molecule has 6 nitrogen and oxygen atoms in total. The van der Waals surface area contributed by atoms with Crippen LogP contribution in [0.1, 0.15) is 39.0 Å². The second-order valence-electron chi connectivity index (χ2n) is 5.48. The molecule has 0 spiro atoms. The summed E-state index contributed by atoms with van der Waals surface area (Å²) in [5.41, 5.74) is -0.133. The Hall–Kier alpha value is -1.43. The molecule has 2 rings (SSSR count). The number of nitrogens with zero attached hydrogens (tertiary/aromatic N) is 3. The Balaban J connectivity index is 1.90. The van der Waals surface area contributed by atoms with Crippen LogP contribution in [-0.4, -0.2) is 21.4 Å². The average molecular weight is 299 g/mol. The molecule has 0 radical (unpaired) electrons. The van der Waals surface area contributed by atoms with Crippen molar-refractivity contribution in [3.05, 3.63) is 21.6 Å². The molecular weight excluding hydrogens is 280 g/mol.